The van der Waals surface area contributed by atoms with Crippen molar-refractivity contribution in [1.29, 1.82) is 0 Å². The van der Waals surface area contributed by atoms with Gasteiger partial charge in [-0.15, -0.1) is 0 Å². The summed E-state index contributed by atoms with van der Waals surface area (Å²) >= 11 is 11.8. The number of hydrogen-bond acceptors (Lipinski definition) is 3. The van der Waals surface area contributed by atoms with Gasteiger partial charge >= 0.3 is 5.97 Å². The van der Waals surface area contributed by atoms with Gasteiger partial charge in [-0.3, -0.25) is 4.79 Å². The van der Waals surface area contributed by atoms with Crippen LogP contribution >= 0.6 is 23.2 Å². The highest BCUT2D eigenvalue weighted by Crippen LogP contribution is 2.27. The molecule has 0 aliphatic heterocycles. The van der Waals surface area contributed by atoms with Crippen LogP contribution in [-0.4, -0.2) is 24.0 Å². The molecular weight excluding hydrogens is 337 g/mol. The Morgan fingerprint density at radius 3 is 2.30 bits per heavy atom. The smallest absolute Gasteiger partial charge is 0.340 e. The fourth-order valence-corrected chi connectivity index (χ4v) is 3.03. The van der Waals surface area contributed by atoms with Gasteiger partial charge in [0.1, 0.15) is 0 Å². The van der Waals surface area contributed by atoms with Gasteiger partial charge in [0.25, 0.3) is 5.91 Å². The minimum Gasteiger partial charge on any atom is -0.452 e. The van der Waals surface area contributed by atoms with Crippen LogP contribution in [0.4, 0.5) is 0 Å². The van der Waals surface area contributed by atoms with Gasteiger partial charge in [-0.2, -0.15) is 0 Å². The highest BCUT2D eigenvalue weighted by molar-refractivity contribution is 6.43. The molecule has 0 heterocycles. The van der Waals surface area contributed by atoms with E-state index in [1.165, 1.54) is 6.07 Å². The number of hydrogen-bond donors (Lipinski definition) is 1. The van der Waals surface area contributed by atoms with Gasteiger partial charge in [-0.1, -0.05) is 50.0 Å². The van der Waals surface area contributed by atoms with E-state index in [2.05, 4.69) is 26.1 Å². The van der Waals surface area contributed by atoms with Gasteiger partial charge in [0.15, 0.2) is 6.61 Å². The van der Waals surface area contributed by atoms with E-state index in [1.807, 2.05) is 13.8 Å². The molecule has 0 fully saturated rings. The van der Waals surface area contributed by atoms with Crippen molar-refractivity contribution in [2.75, 3.05) is 6.61 Å². The second-order valence-corrected chi connectivity index (χ2v) is 8.13. The molecule has 128 valence electrons. The minimum absolute atomic E-state index is 0.0712. The Kier molecular flexibility index (Phi) is 6.49. The number of esters is 1. The van der Waals surface area contributed by atoms with E-state index >= 15 is 0 Å². The summed E-state index contributed by atoms with van der Waals surface area (Å²) in [5, 5.41) is 3.25. The van der Waals surface area contributed by atoms with Crippen LogP contribution in [0.3, 0.4) is 0 Å². The molecule has 1 aromatic carbocycles. The Morgan fingerprint density at radius 1 is 1.13 bits per heavy atom. The molecule has 1 amide bonds. The molecule has 0 aliphatic carbocycles. The molecule has 6 heteroatoms. The zero-order chi connectivity index (χ0) is 17.8. The Balaban J connectivity index is 2.59. The van der Waals surface area contributed by atoms with Gasteiger partial charge in [0.05, 0.1) is 15.6 Å². The largest absolute Gasteiger partial charge is 0.452 e. The first-order valence-corrected chi connectivity index (χ1v) is 8.09. The third-order valence-electron chi connectivity index (χ3n) is 2.96. The maximum absolute atomic E-state index is 12.0. The van der Waals surface area contributed by atoms with Crippen LogP contribution in [0.15, 0.2) is 18.2 Å². The van der Waals surface area contributed by atoms with Crippen LogP contribution in [0.5, 0.6) is 0 Å². The van der Waals surface area contributed by atoms with Gasteiger partial charge in [0, 0.05) is 5.54 Å². The van der Waals surface area contributed by atoms with Crippen molar-refractivity contribution in [3.63, 3.8) is 0 Å². The topological polar surface area (TPSA) is 55.4 Å². The quantitative estimate of drug-likeness (QED) is 0.788. The Morgan fingerprint density at radius 2 is 1.74 bits per heavy atom. The van der Waals surface area contributed by atoms with E-state index in [4.69, 9.17) is 27.9 Å². The van der Waals surface area contributed by atoms with Crippen molar-refractivity contribution in [3.8, 4) is 0 Å². The third-order valence-corrected chi connectivity index (χ3v) is 3.77. The van der Waals surface area contributed by atoms with Gasteiger partial charge in [-0.05, 0) is 37.8 Å². The van der Waals surface area contributed by atoms with E-state index in [9.17, 15) is 9.59 Å². The lowest BCUT2D eigenvalue weighted by Crippen LogP contribution is -2.47. The fraction of sp³-hybridized carbons (Fsp3) is 0.529. The Hall–Kier alpha value is -1.26. The van der Waals surface area contributed by atoms with Crippen molar-refractivity contribution in [2.45, 2.75) is 46.6 Å². The number of carbonyl (C=O) groups is 2. The van der Waals surface area contributed by atoms with Gasteiger partial charge < -0.3 is 10.1 Å². The molecular formula is C17H23Cl2NO3. The maximum Gasteiger partial charge on any atom is 0.340 e. The number of carbonyl (C=O) groups excluding carboxylic acids is 2. The molecule has 0 saturated carbocycles. The molecule has 1 aromatic rings. The van der Waals surface area contributed by atoms with Crippen LogP contribution < -0.4 is 5.32 Å². The zero-order valence-electron chi connectivity index (χ0n) is 14.1. The minimum atomic E-state index is -0.679. The lowest BCUT2D eigenvalue weighted by Gasteiger charge is -2.33. The van der Waals surface area contributed by atoms with Crippen LogP contribution in [0.1, 0.15) is 51.4 Å². The second-order valence-electron chi connectivity index (χ2n) is 7.35. The van der Waals surface area contributed by atoms with E-state index < -0.39 is 11.5 Å². The summed E-state index contributed by atoms with van der Waals surface area (Å²) < 4.78 is 5.01. The number of benzene rings is 1. The first-order valence-electron chi connectivity index (χ1n) is 7.33. The normalized spacial score (nSPS) is 12.0. The number of amides is 1. The highest BCUT2D eigenvalue weighted by atomic mass is 35.5. The molecule has 23 heavy (non-hydrogen) atoms. The van der Waals surface area contributed by atoms with Crippen molar-refractivity contribution < 1.29 is 14.3 Å². The molecule has 0 aliphatic rings. The van der Waals surface area contributed by atoms with Crippen molar-refractivity contribution in [1.82, 2.24) is 5.32 Å². The van der Waals surface area contributed by atoms with Crippen molar-refractivity contribution in [2.24, 2.45) is 5.41 Å². The molecule has 0 bridgehead atoms. The maximum atomic E-state index is 12.0. The lowest BCUT2D eigenvalue weighted by atomic mass is 9.82. The average Bonchev–Trinajstić information content (AvgIpc) is 2.35. The molecule has 4 nitrogen and oxygen atoms in total. The molecule has 1 rings (SSSR count). The van der Waals surface area contributed by atoms with E-state index in [0.717, 1.165) is 6.42 Å². The van der Waals surface area contributed by atoms with Crippen LogP contribution in [0.2, 0.25) is 10.0 Å². The molecule has 0 spiro atoms. The Bertz CT molecular complexity index is 592. The molecule has 0 saturated heterocycles. The first kappa shape index (κ1) is 19.8. The van der Waals surface area contributed by atoms with E-state index in [1.54, 1.807) is 12.1 Å². The van der Waals surface area contributed by atoms with Crippen molar-refractivity contribution in [3.05, 3.63) is 33.8 Å². The predicted octanol–water partition coefficient (Wildman–Crippen LogP) is 4.48. The van der Waals surface area contributed by atoms with Gasteiger partial charge in [-0.25, -0.2) is 4.79 Å². The summed E-state index contributed by atoms with van der Waals surface area (Å²) in [7, 11) is 0. The number of nitrogens with one attached hydrogen (secondary N) is 1. The summed E-state index contributed by atoms with van der Waals surface area (Å²) in [6.07, 6.45) is 0.791. The molecule has 1 N–H and O–H groups in total. The number of ether oxygens (including phenoxy) is 1. The number of halogens is 2. The monoisotopic (exact) mass is 359 g/mol. The van der Waals surface area contributed by atoms with Crippen LogP contribution in [-0.2, 0) is 9.53 Å². The summed E-state index contributed by atoms with van der Waals surface area (Å²) in [6, 6.07) is 4.66. The summed E-state index contributed by atoms with van der Waals surface area (Å²) in [5.74, 6) is -1.04. The van der Waals surface area contributed by atoms with Crippen LogP contribution in [0, 0.1) is 5.41 Å². The van der Waals surface area contributed by atoms with Crippen molar-refractivity contribution >= 4 is 35.1 Å². The average molecular weight is 360 g/mol. The summed E-state index contributed by atoms with van der Waals surface area (Å²) in [4.78, 5) is 24.0. The van der Waals surface area contributed by atoms with E-state index in [0.29, 0.717) is 0 Å². The second kappa shape index (κ2) is 7.54. The summed E-state index contributed by atoms with van der Waals surface area (Å²) in [5.41, 5.74) is -0.182. The predicted molar refractivity (Wildman–Crippen MR) is 93.0 cm³/mol. The first-order chi connectivity index (χ1) is 10.4. The van der Waals surface area contributed by atoms with Crippen LogP contribution in [0.25, 0.3) is 0 Å². The van der Waals surface area contributed by atoms with E-state index in [-0.39, 0.29) is 33.5 Å². The molecule has 0 aromatic heterocycles. The molecule has 0 radical (unpaired) electrons. The molecule has 0 unspecified atom stereocenters. The fourth-order valence-electron chi connectivity index (χ4n) is 2.65. The van der Waals surface area contributed by atoms with Gasteiger partial charge in [0.2, 0.25) is 0 Å². The lowest BCUT2D eigenvalue weighted by molar-refractivity contribution is -0.126. The Labute approximate surface area is 147 Å². The highest BCUT2D eigenvalue weighted by Gasteiger charge is 2.27. The molecule has 0 atom stereocenters. The third kappa shape index (κ3) is 6.80. The summed E-state index contributed by atoms with van der Waals surface area (Å²) in [6.45, 7) is 9.80. The standard InChI is InChI=1S/C17H23Cl2NO3/c1-16(2,3)10-17(4,5)20-13(21)9-23-15(22)11-7-6-8-12(18)14(11)19/h6-8H,9-10H2,1-5H3,(H,20,21). The number of rotatable bonds is 5. The SMILES string of the molecule is CC(C)(C)CC(C)(C)NC(=O)COC(=O)c1cccc(Cl)c1Cl. The zero-order valence-corrected chi connectivity index (χ0v) is 15.6.